The van der Waals surface area contributed by atoms with E-state index in [9.17, 15) is 10.2 Å². The summed E-state index contributed by atoms with van der Waals surface area (Å²) in [6.07, 6.45) is 4.34. The number of anilines is 3. The van der Waals surface area contributed by atoms with E-state index in [4.69, 9.17) is 14.5 Å². The smallest absolute Gasteiger partial charge is 0.232 e. The number of benzene rings is 2. The summed E-state index contributed by atoms with van der Waals surface area (Å²) in [5.41, 5.74) is 0.969. The molecule has 1 aromatic heterocycles. The zero-order chi connectivity index (χ0) is 25.2. The van der Waals surface area contributed by atoms with Crippen LogP contribution in [0.5, 0.6) is 23.0 Å². The van der Waals surface area contributed by atoms with Crippen LogP contribution < -0.4 is 19.7 Å². The Hall–Kier alpha value is -5.75. The van der Waals surface area contributed by atoms with Gasteiger partial charge in [0.1, 0.15) is 17.3 Å². The number of nitrogens with zero attached hydrogens (tertiary/aromatic N) is 4. The average molecular weight is 1010 g/mol. The molecule has 0 aliphatic heterocycles. The minimum Gasteiger partial charge on any atom is -0.665 e. The van der Waals surface area contributed by atoms with Crippen LogP contribution in [0.4, 0.5) is 17.6 Å². The van der Waals surface area contributed by atoms with Crippen molar-refractivity contribution in [1.29, 1.82) is 0 Å². The quantitative estimate of drug-likeness (QED) is 0.154. The van der Waals surface area contributed by atoms with Gasteiger partial charge in [0.25, 0.3) is 0 Å². The Labute approximate surface area is 206 Å². The predicted molar refractivity (Wildman–Crippen MR) is 136 cm³/mol. The molecule has 11 heteroatoms. The third-order valence-corrected chi connectivity index (χ3v) is 5.46. The number of phenols is 2. The van der Waals surface area contributed by atoms with E-state index in [0.29, 0.717) is 34.5 Å². The van der Waals surface area contributed by atoms with Gasteiger partial charge in [-0.2, -0.15) is 29.2 Å². The number of phenolic OH excluding ortho intramolecular Hbond substituents is 2. The molecule has 9 nitrogen and oxygen atoms in total. The average Bonchev–Trinajstić information content (AvgIpc) is 2.86. The van der Waals surface area contributed by atoms with Crippen LogP contribution in [0.25, 0.3) is 0 Å². The topological polar surface area (TPSA) is 113 Å². The molecule has 0 aliphatic rings. The molecule has 0 unspecified atom stereocenters. The van der Waals surface area contributed by atoms with Crippen molar-refractivity contribution in [3.63, 3.8) is 0 Å². The largest absolute Gasteiger partial charge is 0.665 e. The SMILES string of the molecule is [CH2-]Oc1ccc(O)c(Cc2nc(Nc3cc(O[CH2-])ccc3O)nc(N(CCCC)CCCC)n2)c1.[Rf].[Rf]. The molecular weight excluding hydrogens is 980 g/mol. The third kappa shape index (κ3) is 7.63. The van der Waals surface area contributed by atoms with Gasteiger partial charge in [0.15, 0.2) is 0 Å². The van der Waals surface area contributed by atoms with Crippen molar-refractivity contribution in [3.8, 4) is 23.0 Å². The van der Waals surface area contributed by atoms with Gasteiger partial charge in [0, 0.05) is 31.1 Å². The zero-order valence-corrected chi connectivity index (χ0v) is 34.5. The molecular formula is C26H33N5O4Rf2-2. The Morgan fingerprint density at radius 2 is 1.43 bits per heavy atom. The van der Waals surface area contributed by atoms with Crippen molar-refractivity contribution in [2.24, 2.45) is 0 Å². The summed E-state index contributed by atoms with van der Waals surface area (Å²) >= 11 is 0. The first-order chi connectivity index (χ1) is 17.0. The molecule has 2 aromatic carbocycles. The number of ether oxygens (including phenoxy) is 2. The maximum atomic E-state index is 10.4. The van der Waals surface area contributed by atoms with Gasteiger partial charge in [-0.3, -0.25) is 0 Å². The van der Waals surface area contributed by atoms with E-state index in [2.05, 4.69) is 48.3 Å². The maximum absolute atomic E-state index is 10.4. The fraction of sp³-hybridized carbons (Fsp3) is 0.346. The van der Waals surface area contributed by atoms with E-state index in [1.54, 1.807) is 30.3 Å². The zero-order valence-electron chi connectivity index (χ0n) is 21.7. The van der Waals surface area contributed by atoms with Crippen molar-refractivity contribution >= 4 is 17.6 Å². The molecule has 0 atom stereocenters. The van der Waals surface area contributed by atoms with E-state index in [0.717, 1.165) is 38.8 Å². The second-order valence-corrected chi connectivity index (χ2v) is 8.13. The molecule has 3 aromatic rings. The molecule has 3 N–H and O–H groups in total. The number of hydrogen-bond acceptors (Lipinski definition) is 9. The Morgan fingerprint density at radius 1 is 0.838 bits per heavy atom. The summed E-state index contributed by atoms with van der Waals surface area (Å²) in [7, 11) is 6.85. The molecule has 1 heterocycles. The minimum atomic E-state index is 0. The van der Waals surface area contributed by atoms with Gasteiger partial charge >= 0.3 is 0 Å². The fourth-order valence-electron chi connectivity index (χ4n) is 3.48. The van der Waals surface area contributed by atoms with Crippen molar-refractivity contribution in [2.45, 2.75) is 46.0 Å². The third-order valence-electron chi connectivity index (χ3n) is 5.46. The van der Waals surface area contributed by atoms with Crippen molar-refractivity contribution in [1.82, 2.24) is 15.0 Å². The molecule has 0 saturated carbocycles. The summed E-state index contributed by atoms with van der Waals surface area (Å²) < 4.78 is 10.1. The van der Waals surface area contributed by atoms with Gasteiger partial charge < -0.3 is 29.9 Å². The van der Waals surface area contributed by atoms with E-state index in [1.807, 2.05) is 0 Å². The van der Waals surface area contributed by atoms with Crippen LogP contribution in [0.2, 0.25) is 0 Å². The van der Waals surface area contributed by atoms with Gasteiger partial charge in [0.2, 0.25) is 11.9 Å². The van der Waals surface area contributed by atoms with Crippen LogP contribution in [0.3, 0.4) is 0 Å². The Morgan fingerprint density at radius 3 is 2.03 bits per heavy atom. The van der Waals surface area contributed by atoms with Crippen molar-refractivity contribution in [2.75, 3.05) is 23.3 Å². The molecule has 0 amide bonds. The molecule has 0 saturated heterocycles. The van der Waals surface area contributed by atoms with E-state index in [-0.39, 0.29) is 23.9 Å². The molecule has 0 fully saturated rings. The van der Waals surface area contributed by atoms with Crippen LogP contribution >= 0.6 is 0 Å². The van der Waals surface area contributed by atoms with E-state index >= 15 is 0 Å². The van der Waals surface area contributed by atoms with Gasteiger partial charge in [0.05, 0.1) is 17.2 Å². The predicted octanol–water partition coefficient (Wildman–Crippen LogP) is 5.36. The number of hydrogen-bond donors (Lipinski definition) is 3. The molecule has 192 valence electrons. The molecule has 37 heavy (non-hydrogen) atoms. The standard InChI is InChI=1S/C26H33N5O4.2Rf/c1-5-7-13-31(14-8-6-2)26-29-24(16-18-15-19(34-3)9-11-22(18)32)28-25(30-26)27-21-17-20(35-4)10-12-23(21)33;;/h9-12,15,17,32-33H,3-8,13-14,16H2,1-2H3,(H,27,28,29,30);;/q-2;;. The second-order valence-electron chi connectivity index (χ2n) is 8.13. The summed E-state index contributed by atoms with van der Waals surface area (Å²) in [6, 6.07) is 9.60. The molecule has 0 radical (unpaired) electrons. The normalized spacial score (nSPS) is 10.2. The van der Waals surface area contributed by atoms with Gasteiger partial charge in [-0.25, -0.2) is 0 Å². The molecule has 0 bridgehead atoms. The van der Waals surface area contributed by atoms with Crippen LogP contribution in [-0.4, -0.2) is 38.3 Å². The number of aromatic hydroxyl groups is 2. The first kappa shape index (κ1) is 29.3. The monoisotopic (exact) mass is 1010 g/mol. The van der Waals surface area contributed by atoms with Crippen LogP contribution in [0, 0.1) is 14.2 Å². The number of nitrogens with one attached hydrogen (secondary N) is 1. The molecule has 0 spiro atoms. The Bertz CT molecular complexity index is 1040. The number of aromatic nitrogens is 3. The summed E-state index contributed by atoms with van der Waals surface area (Å²) in [6.45, 7) is 5.91. The second kappa shape index (κ2) is 13.8. The minimum absolute atomic E-state index is 0. The van der Waals surface area contributed by atoms with Gasteiger partial charge in [-0.1, -0.05) is 26.7 Å². The first-order valence-electron chi connectivity index (χ1n) is 11.7. The molecule has 0 aliphatic carbocycles. The number of rotatable bonds is 13. The number of unbranched alkanes of at least 4 members (excludes halogenated alkanes) is 2. The summed E-state index contributed by atoms with van der Waals surface area (Å²) in [5.74, 6) is 2.37. The van der Waals surface area contributed by atoms with Crippen LogP contribution in [0.1, 0.15) is 50.9 Å². The van der Waals surface area contributed by atoms with E-state index < -0.39 is 0 Å². The Kier molecular flexibility index (Phi) is 10.9. The van der Waals surface area contributed by atoms with E-state index in [1.165, 1.54) is 6.07 Å². The Balaban J connectivity index is 0.00000342. The summed E-state index contributed by atoms with van der Waals surface area (Å²) in [4.78, 5) is 16.1. The van der Waals surface area contributed by atoms with Gasteiger partial charge in [-0.15, -0.1) is 0 Å². The first-order valence-corrected chi connectivity index (χ1v) is 11.7. The summed E-state index contributed by atoms with van der Waals surface area (Å²) in [5, 5.41) is 23.8. The van der Waals surface area contributed by atoms with Crippen LogP contribution in [0.15, 0.2) is 36.4 Å². The maximum Gasteiger partial charge on any atom is 0.232 e. The molecule has 3 rings (SSSR count). The fourth-order valence-corrected chi connectivity index (χ4v) is 3.48. The van der Waals surface area contributed by atoms with Gasteiger partial charge in [-0.05, 0) is 43.2 Å². The van der Waals surface area contributed by atoms with Crippen molar-refractivity contribution < 1.29 is 19.7 Å². The van der Waals surface area contributed by atoms with Crippen molar-refractivity contribution in [3.05, 3.63) is 62.0 Å². The van der Waals surface area contributed by atoms with Crippen LogP contribution in [-0.2, 0) is 6.42 Å².